The van der Waals surface area contributed by atoms with Gasteiger partial charge in [-0.15, -0.1) is 0 Å². The van der Waals surface area contributed by atoms with E-state index in [4.69, 9.17) is 46.4 Å². The Kier molecular flexibility index (Phi) is 11.7. The lowest BCUT2D eigenvalue weighted by Crippen LogP contribution is -1.81. The zero-order chi connectivity index (χ0) is 4.50. The Morgan fingerprint density at radius 3 is 0.714 bits per heavy atom. The Morgan fingerprint density at radius 2 is 0.714 bits per heavy atom. The van der Waals surface area contributed by atoms with Gasteiger partial charge in [0.05, 0.1) is 0 Å². The molecule has 0 spiro atoms. The van der Waals surface area contributed by atoms with Crippen LogP contribution in [0.25, 0.3) is 0 Å². The largest absolute Gasteiger partial charge is 0.412 e. The smallest absolute Gasteiger partial charge is 0.266 e. The van der Waals surface area contributed by atoms with Crippen molar-refractivity contribution >= 4 is 46.4 Å². The predicted octanol–water partition coefficient (Wildman–Crippen LogP) is 0.904. The Labute approximate surface area is 60.9 Å². The molecular formula is CH4Cl4O2. The maximum atomic E-state index is 4.83. The van der Waals surface area contributed by atoms with Gasteiger partial charge in [-0.3, -0.25) is 0 Å². The van der Waals surface area contributed by atoms with Crippen molar-refractivity contribution in [3.05, 3.63) is 0 Å². The average Bonchev–Trinajstić information content (AvgIpc) is 0.722. The summed E-state index contributed by atoms with van der Waals surface area (Å²) in [6.07, 6.45) is 0. The summed E-state index contributed by atoms with van der Waals surface area (Å²) in [5, 5.41) is 0. The van der Waals surface area contributed by atoms with E-state index in [0.717, 1.165) is 0 Å². The first-order chi connectivity index (χ1) is 2.00. The van der Waals surface area contributed by atoms with Gasteiger partial charge in [-0.25, -0.2) is 0 Å². The fourth-order valence-corrected chi connectivity index (χ4v) is 0. The second-order valence-electron chi connectivity index (χ2n) is 0.429. The molecule has 0 saturated carbocycles. The molecule has 0 saturated heterocycles. The first-order valence-corrected chi connectivity index (χ1v) is 2.27. The third-order valence-corrected chi connectivity index (χ3v) is 0. The van der Waals surface area contributed by atoms with E-state index in [0.29, 0.717) is 0 Å². The van der Waals surface area contributed by atoms with Gasteiger partial charge in [-0.05, 0) is 0 Å². The highest BCUT2D eigenvalue weighted by molar-refractivity contribution is 6.83. The van der Waals surface area contributed by atoms with Gasteiger partial charge in [0.2, 0.25) is 0 Å². The van der Waals surface area contributed by atoms with Crippen molar-refractivity contribution in [1.82, 2.24) is 0 Å². The average molecular weight is 190 g/mol. The molecule has 0 radical (unpaired) electrons. The molecule has 0 amide bonds. The van der Waals surface area contributed by atoms with E-state index in [1.165, 1.54) is 0 Å². The van der Waals surface area contributed by atoms with Crippen LogP contribution < -0.4 is 0 Å². The normalized spacial score (nSPS) is 8.57. The lowest BCUT2D eigenvalue weighted by molar-refractivity contribution is 0.823. The maximum absolute atomic E-state index is 4.83. The highest BCUT2D eigenvalue weighted by Crippen LogP contribution is 2.29. The summed E-state index contributed by atoms with van der Waals surface area (Å²) in [6, 6.07) is 0. The fourth-order valence-electron chi connectivity index (χ4n) is 0. The molecule has 0 aromatic heterocycles. The third kappa shape index (κ3) is 157. The van der Waals surface area contributed by atoms with Crippen LogP contribution in [0.3, 0.4) is 0 Å². The standard InChI is InChI=1S/CCl4.2H2O/c2-1(3,4)5;;/h;2*1H2. The summed E-state index contributed by atoms with van der Waals surface area (Å²) in [7, 11) is 0. The molecule has 6 heteroatoms. The van der Waals surface area contributed by atoms with E-state index in [1.54, 1.807) is 0 Å². The molecule has 0 rings (SSSR count). The Morgan fingerprint density at radius 1 is 0.714 bits per heavy atom. The molecule has 0 atom stereocenters. The van der Waals surface area contributed by atoms with E-state index < -0.39 is 3.25 Å². The molecule has 0 aliphatic carbocycles. The van der Waals surface area contributed by atoms with Gasteiger partial charge in [0.25, 0.3) is 3.25 Å². The first-order valence-electron chi connectivity index (χ1n) is 0.756. The minimum Gasteiger partial charge on any atom is -0.412 e. The van der Waals surface area contributed by atoms with Crippen molar-refractivity contribution < 1.29 is 11.0 Å². The summed E-state index contributed by atoms with van der Waals surface area (Å²) in [6.45, 7) is 0. The quantitative estimate of drug-likeness (QED) is 0.509. The van der Waals surface area contributed by atoms with E-state index in [9.17, 15) is 0 Å². The van der Waals surface area contributed by atoms with Gasteiger partial charge in [0.15, 0.2) is 0 Å². The molecule has 0 aromatic rings. The zero-order valence-electron chi connectivity index (χ0n) is 3.01. The summed E-state index contributed by atoms with van der Waals surface area (Å²) in [5.41, 5.74) is 0. The van der Waals surface area contributed by atoms with Gasteiger partial charge in [0, 0.05) is 0 Å². The molecular weight excluding hydrogens is 186 g/mol. The van der Waals surface area contributed by atoms with E-state index in [-0.39, 0.29) is 11.0 Å². The second-order valence-corrected chi connectivity index (χ2v) is 3.86. The Balaban J connectivity index is -0.0000000800. The van der Waals surface area contributed by atoms with Gasteiger partial charge < -0.3 is 11.0 Å². The molecule has 2 nitrogen and oxygen atoms in total. The van der Waals surface area contributed by atoms with Crippen LogP contribution in [0.15, 0.2) is 0 Å². The van der Waals surface area contributed by atoms with Crippen LogP contribution >= 0.6 is 46.4 Å². The summed E-state index contributed by atoms with van der Waals surface area (Å²) in [4.78, 5) is 0. The highest BCUT2D eigenvalue weighted by Gasteiger charge is 2.11. The second kappa shape index (κ2) is 5.22. The van der Waals surface area contributed by atoms with Crippen molar-refractivity contribution in [3.8, 4) is 0 Å². The Bertz CT molecular complexity index is 25.2. The Hall–Kier alpha value is 1.08. The molecule has 0 aliphatic heterocycles. The number of halogens is 4. The van der Waals surface area contributed by atoms with Crippen LogP contribution in [0.1, 0.15) is 0 Å². The van der Waals surface area contributed by atoms with Crippen LogP contribution in [0, 0.1) is 0 Å². The van der Waals surface area contributed by atoms with Crippen molar-refractivity contribution in [2.45, 2.75) is 3.25 Å². The number of hydrogen-bond acceptors (Lipinski definition) is 0. The predicted molar refractivity (Wildman–Crippen MR) is 33.4 cm³/mol. The highest BCUT2D eigenvalue weighted by atomic mass is 35.6. The zero-order valence-corrected chi connectivity index (χ0v) is 6.04. The molecule has 48 valence electrons. The van der Waals surface area contributed by atoms with Crippen LogP contribution in [0.2, 0.25) is 0 Å². The monoisotopic (exact) mass is 188 g/mol. The SMILES string of the molecule is ClC(Cl)(Cl)Cl.O.O. The number of rotatable bonds is 0. The molecule has 0 aromatic carbocycles. The number of alkyl halides is 4. The van der Waals surface area contributed by atoms with Crippen molar-refractivity contribution in [2.24, 2.45) is 0 Å². The van der Waals surface area contributed by atoms with Crippen LogP contribution in [-0.4, -0.2) is 14.2 Å². The van der Waals surface area contributed by atoms with Crippen molar-refractivity contribution in [3.63, 3.8) is 0 Å². The van der Waals surface area contributed by atoms with Gasteiger partial charge in [0.1, 0.15) is 0 Å². The van der Waals surface area contributed by atoms with Gasteiger partial charge in [-0.1, -0.05) is 46.4 Å². The van der Waals surface area contributed by atoms with E-state index in [1.807, 2.05) is 0 Å². The lowest BCUT2D eigenvalue weighted by Gasteiger charge is -1.91. The van der Waals surface area contributed by atoms with Crippen molar-refractivity contribution in [2.75, 3.05) is 0 Å². The first kappa shape index (κ1) is 15.7. The molecule has 0 aliphatic rings. The summed E-state index contributed by atoms with van der Waals surface area (Å²) in [5.74, 6) is 0. The van der Waals surface area contributed by atoms with Gasteiger partial charge >= 0.3 is 0 Å². The molecule has 4 N–H and O–H groups in total. The molecule has 0 fully saturated rings. The minimum atomic E-state index is -1.61. The molecule has 0 heterocycles. The molecule has 0 unspecified atom stereocenters. The maximum Gasteiger partial charge on any atom is 0.266 e. The summed E-state index contributed by atoms with van der Waals surface area (Å²) >= 11 is 19.3. The molecule has 0 bridgehead atoms. The van der Waals surface area contributed by atoms with Gasteiger partial charge in [-0.2, -0.15) is 0 Å². The minimum absolute atomic E-state index is 0. The van der Waals surface area contributed by atoms with E-state index in [2.05, 4.69) is 0 Å². The fraction of sp³-hybridized carbons (Fsp3) is 1.00. The van der Waals surface area contributed by atoms with Crippen LogP contribution in [-0.2, 0) is 0 Å². The third-order valence-electron chi connectivity index (χ3n) is 0. The number of hydrogen-bond donors (Lipinski definition) is 0. The van der Waals surface area contributed by atoms with E-state index >= 15 is 0 Å². The lowest BCUT2D eigenvalue weighted by atomic mass is 11.8. The van der Waals surface area contributed by atoms with Crippen molar-refractivity contribution in [1.29, 1.82) is 0 Å². The van der Waals surface area contributed by atoms with Crippen LogP contribution in [0.4, 0.5) is 0 Å². The van der Waals surface area contributed by atoms with Crippen LogP contribution in [0.5, 0.6) is 0 Å². The molecule has 7 heavy (non-hydrogen) atoms. The topological polar surface area (TPSA) is 63.0 Å². The summed E-state index contributed by atoms with van der Waals surface area (Å²) < 4.78 is -1.61.